The van der Waals surface area contributed by atoms with Crippen molar-refractivity contribution in [3.63, 3.8) is 0 Å². The maximum atomic E-state index is 14.0. The Hall–Kier alpha value is -3.96. The van der Waals surface area contributed by atoms with Crippen LogP contribution in [0, 0.1) is 13.8 Å². The number of nitrogens with one attached hydrogen (secondary N) is 1. The van der Waals surface area contributed by atoms with Gasteiger partial charge in [0.15, 0.2) is 0 Å². The Kier molecular flexibility index (Phi) is 11.9. The molecule has 7 rings (SSSR count). The quantitative estimate of drug-likeness (QED) is 0.293. The van der Waals surface area contributed by atoms with Crippen LogP contribution in [0.25, 0.3) is 0 Å². The maximum Gasteiger partial charge on any atom is 0.254 e. The lowest BCUT2D eigenvalue weighted by atomic mass is 10.00. The second-order valence-electron chi connectivity index (χ2n) is 14.5. The van der Waals surface area contributed by atoms with Crippen LogP contribution in [0.15, 0.2) is 60.7 Å². The molecule has 4 unspecified atom stereocenters. The van der Waals surface area contributed by atoms with E-state index in [-0.39, 0.29) is 48.2 Å². The van der Waals surface area contributed by atoms with E-state index in [0.29, 0.717) is 67.0 Å². The number of carbonyl (C=O) groups is 4. The van der Waals surface area contributed by atoms with Crippen LogP contribution >= 0.6 is 23.2 Å². The molecule has 0 aliphatic carbocycles. The molecule has 10 nitrogen and oxygen atoms in total. The number of aliphatic hydroxyl groups is 1. The summed E-state index contributed by atoms with van der Waals surface area (Å²) in [6.45, 7) is 8.27. The van der Waals surface area contributed by atoms with Gasteiger partial charge in [-0.05, 0) is 80.6 Å². The van der Waals surface area contributed by atoms with Gasteiger partial charge in [-0.2, -0.15) is 0 Å². The van der Waals surface area contributed by atoms with Crippen LogP contribution in [0.2, 0.25) is 10.0 Å². The summed E-state index contributed by atoms with van der Waals surface area (Å²) in [6, 6.07) is 18.1. The van der Waals surface area contributed by atoms with Crippen LogP contribution in [0.1, 0.15) is 71.3 Å². The molecular weight excluding hydrogens is 701 g/mol. The fraction of sp³-hybridized carbons (Fsp3) is 0.450. The molecule has 3 aromatic carbocycles. The Bertz CT molecular complexity index is 1800. The topological polar surface area (TPSA) is 113 Å². The van der Waals surface area contributed by atoms with Crippen molar-refractivity contribution in [1.29, 1.82) is 0 Å². The van der Waals surface area contributed by atoms with Gasteiger partial charge >= 0.3 is 0 Å². The van der Waals surface area contributed by atoms with Crippen LogP contribution < -0.4 is 5.32 Å². The van der Waals surface area contributed by atoms with Gasteiger partial charge < -0.3 is 25.1 Å². The SMILES string of the molecule is CC(=O)Nc1ccc(CC(O)C(=O)N2CC3CCCC2CN3CCC(=O)N2CCN(C(=O)c3cc(C)cc(C)c3)CC2c2ccc(Cl)c(Cl)c2)cc1. The van der Waals surface area contributed by atoms with E-state index in [2.05, 4.69) is 10.2 Å². The highest BCUT2D eigenvalue weighted by Crippen LogP contribution is 2.33. The number of piperazine rings is 2. The van der Waals surface area contributed by atoms with Crippen molar-refractivity contribution in [2.75, 3.05) is 44.6 Å². The van der Waals surface area contributed by atoms with E-state index in [4.69, 9.17) is 23.2 Å². The minimum absolute atomic E-state index is 0.00238. The Labute approximate surface area is 315 Å². The number of rotatable bonds is 9. The zero-order valence-electron chi connectivity index (χ0n) is 30.0. The van der Waals surface area contributed by atoms with E-state index in [0.717, 1.165) is 41.5 Å². The molecule has 4 atom stereocenters. The second kappa shape index (κ2) is 16.4. The molecule has 52 heavy (non-hydrogen) atoms. The maximum absolute atomic E-state index is 14.0. The number of carbonyl (C=O) groups excluding carboxylic acids is 4. The largest absolute Gasteiger partial charge is 0.383 e. The van der Waals surface area contributed by atoms with Gasteiger partial charge in [-0.15, -0.1) is 0 Å². The number of benzene rings is 3. The summed E-state index contributed by atoms with van der Waals surface area (Å²) < 4.78 is 0. The fourth-order valence-corrected chi connectivity index (χ4v) is 8.33. The highest BCUT2D eigenvalue weighted by atomic mass is 35.5. The van der Waals surface area contributed by atoms with Crippen LogP contribution in [-0.4, -0.2) is 106 Å². The predicted octanol–water partition coefficient (Wildman–Crippen LogP) is 5.65. The number of halogens is 2. The van der Waals surface area contributed by atoms with Gasteiger partial charge in [0.2, 0.25) is 11.8 Å². The number of aryl methyl sites for hydroxylation is 2. The molecule has 4 fully saturated rings. The Morgan fingerprint density at radius 3 is 2.25 bits per heavy atom. The third kappa shape index (κ3) is 8.80. The molecule has 4 amide bonds. The first kappa shape index (κ1) is 37.8. The molecule has 2 bridgehead atoms. The average Bonchev–Trinajstić information content (AvgIpc) is 3.45. The summed E-state index contributed by atoms with van der Waals surface area (Å²) >= 11 is 12.7. The summed E-state index contributed by atoms with van der Waals surface area (Å²) in [4.78, 5) is 60.5. The van der Waals surface area contributed by atoms with Gasteiger partial charge in [-0.25, -0.2) is 0 Å². The molecule has 0 spiro atoms. The Morgan fingerprint density at radius 2 is 1.56 bits per heavy atom. The van der Waals surface area contributed by atoms with Crippen LogP contribution in [-0.2, 0) is 20.8 Å². The second-order valence-corrected chi connectivity index (χ2v) is 15.3. The lowest BCUT2D eigenvalue weighted by Gasteiger charge is -2.45. The summed E-state index contributed by atoms with van der Waals surface area (Å²) in [7, 11) is 0. The molecule has 3 aromatic rings. The number of hydrogen-bond donors (Lipinski definition) is 2. The summed E-state index contributed by atoms with van der Waals surface area (Å²) in [5.74, 6) is -0.488. The predicted molar refractivity (Wildman–Crippen MR) is 203 cm³/mol. The normalized spacial score (nSPS) is 21.1. The van der Waals surface area contributed by atoms with Crippen LogP contribution in [0.3, 0.4) is 0 Å². The van der Waals surface area contributed by atoms with Crippen molar-refractivity contribution in [1.82, 2.24) is 19.6 Å². The standard InChI is InChI=1S/C40H47Cl2N5O5/c1-25-17-26(2)19-30(18-25)39(51)45-15-16-46(36(24-45)29-9-12-34(41)35(42)21-29)38(50)13-14-44-22-33-6-4-5-32(44)23-47(33)40(52)37(49)20-28-7-10-31(11-8-28)43-27(3)48/h7-12,17-19,21,32-33,36-37,49H,4-6,13-16,20,22-24H2,1-3H3,(H,43,48). The monoisotopic (exact) mass is 747 g/mol. The number of anilines is 1. The zero-order chi connectivity index (χ0) is 37.1. The van der Waals surface area contributed by atoms with Gasteiger partial charge in [0.25, 0.3) is 11.8 Å². The van der Waals surface area contributed by atoms with E-state index < -0.39 is 6.10 Å². The minimum Gasteiger partial charge on any atom is -0.383 e. The van der Waals surface area contributed by atoms with Crippen molar-refractivity contribution in [2.45, 2.75) is 77.1 Å². The molecule has 2 N–H and O–H groups in total. The highest BCUT2D eigenvalue weighted by Gasteiger charge is 2.41. The zero-order valence-corrected chi connectivity index (χ0v) is 31.5. The first-order valence-corrected chi connectivity index (χ1v) is 18.8. The molecule has 4 aliphatic rings. The summed E-state index contributed by atoms with van der Waals surface area (Å²) in [6.07, 6.45) is 2.06. The van der Waals surface area contributed by atoms with Crippen molar-refractivity contribution in [3.8, 4) is 0 Å². The van der Waals surface area contributed by atoms with Crippen LogP contribution in [0.4, 0.5) is 5.69 Å². The first-order valence-electron chi connectivity index (χ1n) is 18.1. The van der Waals surface area contributed by atoms with Crippen molar-refractivity contribution in [3.05, 3.63) is 98.5 Å². The van der Waals surface area contributed by atoms with Crippen molar-refractivity contribution < 1.29 is 24.3 Å². The summed E-state index contributed by atoms with van der Waals surface area (Å²) in [5, 5.41) is 14.5. The third-order valence-corrected chi connectivity index (χ3v) is 11.3. The van der Waals surface area contributed by atoms with Crippen LogP contribution in [0.5, 0.6) is 0 Å². The molecule has 4 aliphatic heterocycles. The third-order valence-electron chi connectivity index (χ3n) is 10.6. The van der Waals surface area contributed by atoms with E-state index >= 15 is 0 Å². The number of nitrogens with zero attached hydrogens (tertiary/aromatic N) is 4. The Morgan fingerprint density at radius 1 is 0.846 bits per heavy atom. The molecule has 12 heteroatoms. The molecule has 0 saturated carbocycles. The number of amides is 4. The average molecular weight is 749 g/mol. The van der Waals surface area contributed by atoms with E-state index in [1.165, 1.54) is 6.92 Å². The van der Waals surface area contributed by atoms with Crippen molar-refractivity contribution >= 4 is 52.5 Å². The number of aliphatic hydroxyl groups excluding tert-OH is 1. The van der Waals surface area contributed by atoms with E-state index in [1.54, 1.807) is 24.3 Å². The molecule has 4 saturated heterocycles. The van der Waals surface area contributed by atoms with Gasteiger partial charge in [0.1, 0.15) is 6.10 Å². The fourth-order valence-electron chi connectivity index (χ4n) is 8.03. The van der Waals surface area contributed by atoms with E-state index in [9.17, 15) is 24.3 Å². The molecule has 0 aromatic heterocycles. The summed E-state index contributed by atoms with van der Waals surface area (Å²) in [5.41, 5.74) is 4.98. The Balaban J connectivity index is 1.09. The van der Waals surface area contributed by atoms with E-state index in [1.807, 2.05) is 64.9 Å². The lowest BCUT2D eigenvalue weighted by molar-refractivity contribution is -0.147. The molecule has 0 radical (unpaired) electrons. The minimum atomic E-state index is -1.17. The van der Waals surface area contributed by atoms with Gasteiger partial charge in [-0.1, -0.05) is 58.6 Å². The van der Waals surface area contributed by atoms with Gasteiger partial charge in [-0.3, -0.25) is 24.1 Å². The molecular formula is C40H47Cl2N5O5. The number of hydrogen-bond acceptors (Lipinski definition) is 6. The highest BCUT2D eigenvalue weighted by molar-refractivity contribution is 6.42. The van der Waals surface area contributed by atoms with Crippen molar-refractivity contribution in [2.24, 2.45) is 0 Å². The number of fused-ring (bicyclic) bond motifs is 4. The van der Waals surface area contributed by atoms with Gasteiger partial charge in [0, 0.05) is 82.4 Å². The van der Waals surface area contributed by atoms with Gasteiger partial charge in [0.05, 0.1) is 16.1 Å². The lowest BCUT2D eigenvalue weighted by Crippen LogP contribution is -2.60. The molecule has 4 heterocycles. The first-order chi connectivity index (χ1) is 24.9. The molecule has 276 valence electrons. The smallest absolute Gasteiger partial charge is 0.254 e.